The average Bonchev–Trinajstić information content (AvgIpc) is 2.73. The molecule has 0 bridgehead atoms. The molecule has 2 fully saturated rings. The Labute approximate surface area is 123 Å². The van der Waals surface area contributed by atoms with Crippen LogP contribution in [-0.4, -0.2) is 42.3 Å². The number of amides is 1. The van der Waals surface area contributed by atoms with Gasteiger partial charge in [0, 0.05) is 19.1 Å². The molecule has 4 nitrogen and oxygen atoms in total. The summed E-state index contributed by atoms with van der Waals surface area (Å²) >= 11 is 0. The minimum atomic E-state index is -0.391. The highest BCUT2D eigenvalue weighted by atomic mass is 16.6. The number of likely N-dealkylation sites (tertiary alicyclic amines) is 1. The molecule has 4 heteroatoms. The summed E-state index contributed by atoms with van der Waals surface area (Å²) in [6, 6.07) is 0.744. The van der Waals surface area contributed by atoms with Gasteiger partial charge in [0.1, 0.15) is 5.60 Å². The molecule has 1 atom stereocenters. The molecule has 1 unspecified atom stereocenters. The lowest BCUT2D eigenvalue weighted by molar-refractivity contribution is 0.0287. The predicted octanol–water partition coefficient (Wildman–Crippen LogP) is 3.02. The molecule has 1 saturated heterocycles. The zero-order chi connectivity index (χ0) is 14.8. The van der Waals surface area contributed by atoms with E-state index >= 15 is 0 Å². The number of carbonyl (C=O) groups excluding carboxylic acids is 1. The Bertz CT molecular complexity index is 332. The number of hydrogen-bond donors (Lipinski definition) is 1. The Balaban J connectivity index is 1.61. The van der Waals surface area contributed by atoms with Gasteiger partial charge in [0.15, 0.2) is 0 Å². The van der Waals surface area contributed by atoms with Crippen LogP contribution in [0, 0.1) is 11.8 Å². The van der Waals surface area contributed by atoms with Gasteiger partial charge in [-0.2, -0.15) is 0 Å². The van der Waals surface area contributed by atoms with Crippen LogP contribution in [0.15, 0.2) is 0 Å². The van der Waals surface area contributed by atoms with Crippen molar-refractivity contribution in [3.63, 3.8) is 0 Å². The third-order valence-electron chi connectivity index (χ3n) is 4.30. The number of hydrogen-bond acceptors (Lipinski definition) is 3. The molecule has 2 rings (SSSR count). The summed E-state index contributed by atoms with van der Waals surface area (Å²) in [6.07, 6.45) is 4.79. The highest BCUT2D eigenvalue weighted by Gasteiger charge is 2.30. The summed E-state index contributed by atoms with van der Waals surface area (Å²) in [4.78, 5) is 13.8. The van der Waals surface area contributed by atoms with Crippen LogP contribution < -0.4 is 5.32 Å². The fraction of sp³-hybridized carbons (Fsp3) is 0.938. The summed E-state index contributed by atoms with van der Waals surface area (Å²) in [7, 11) is 0. The fourth-order valence-electron chi connectivity index (χ4n) is 3.12. The third kappa shape index (κ3) is 4.65. The second-order valence-corrected chi connectivity index (χ2v) is 7.60. The van der Waals surface area contributed by atoms with E-state index in [0.717, 1.165) is 38.0 Å². The molecule has 20 heavy (non-hydrogen) atoms. The number of rotatable bonds is 4. The van der Waals surface area contributed by atoms with Crippen LogP contribution in [0.25, 0.3) is 0 Å². The quantitative estimate of drug-likeness (QED) is 0.862. The predicted molar refractivity (Wildman–Crippen MR) is 80.7 cm³/mol. The number of ether oxygens (including phenoxy) is 1. The first kappa shape index (κ1) is 15.6. The van der Waals surface area contributed by atoms with E-state index in [4.69, 9.17) is 4.74 Å². The molecule has 1 N–H and O–H groups in total. The van der Waals surface area contributed by atoms with E-state index in [-0.39, 0.29) is 6.09 Å². The molecular formula is C16H30N2O2. The topological polar surface area (TPSA) is 41.6 Å². The van der Waals surface area contributed by atoms with Crippen molar-refractivity contribution in [3.8, 4) is 0 Å². The maximum absolute atomic E-state index is 12.0. The van der Waals surface area contributed by atoms with Crippen molar-refractivity contribution in [3.05, 3.63) is 0 Å². The molecular weight excluding hydrogens is 252 g/mol. The Hall–Kier alpha value is -0.770. The average molecular weight is 282 g/mol. The summed E-state index contributed by atoms with van der Waals surface area (Å²) in [6.45, 7) is 10.9. The fourth-order valence-corrected chi connectivity index (χ4v) is 3.12. The van der Waals surface area contributed by atoms with Gasteiger partial charge in [-0.1, -0.05) is 6.92 Å². The maximum atomic E-state index is 12.0. The Kier molecular flexibility index (Phi) is 4.95. The number of carbonyl (C=O) groups is 1. The molecule has 0 radical (unpaired) electrons. The summed E-state index contributed by atoms with van der Waals surface area (Å²) < 4.78 is 5.42. The van der Waals surface area contributed by atoms with E-state index in [1.165, 1.54) is 19.3 Å². The van der Waals surface area contributed by atoms with Gasteiger partial charge in [0.25, 0.3) is 0 Å². The number of nitrogens with one attached hydrogen (secondary N) is 1. The van der Waals surface area contributed by atoms with Crippen molar-refractivity contribution < 1.29 is 9.53 Å². The van der Waals surface area contributed by atoms with Gasteiger partial charge in [-0.05, 0) is 64.8 Å². The number of nitrogens with zero attached hydrogens (tertiary/aromatic N) is 1. The van der Waals surface area contributed by atoms with Crippen LogP contribution in [0.5, 0.6) is 0 Å². The Morgan fingerprint density at radius 2 is 2.05 bits per heavy atom. The molecule has 0 aromatic carbocycles. The van der Waals surface area contributed by atoms with E-state index in [1.807, 2.05) is 25.7 Å². The first-order valence-corrected chi connectivity index (χ1v) is 8.05. The van der Waals surface area contributed by atoms with Crippen LogP contribution in [0.3, 0.4) is 0 Å². The summed E-state index contributed by atoms with van der Waals surface area (Å²) in [5.41, 5.74) is -0.391. The first-order chi connectivity index (χ1) is 9.33. The van der Waals surface area contributed by atoms with Gasteiger partial charge in [-0.15, -0.1) is 0 Å². The van der Waals surface area contributed by atoms with E-state index in [0.29, 0.717) is 5.92 Å². The standard InChI is InChI=1S/C16H30N2O2/c1-12-9-14(10-12)17-7-5-13-6-8-18(11-13)15(19)20-16(2,3)4/h12-14,17H,5-11H2,1-4H3. The molecule has 1 aliphatic heterocycles. The Morgan fingerprint density at radius 1 is 1.35 bits per heavy atom. The molecule has 1 amide bonds. The lowest BCUT2D eigenvalue weighted by Crippen LogP contribution is -2.41. The minimum Gasteiger partial charge on any atom is -0.444 e. The van der Waals surface area contributed by atoms with E-state index in [9.17, 15) is 4.79 Å². The van der Waals surface area contributed by atoms with Gasteiger partial charge in [0.2, 0.25) is 0 Å². The molecule has 0 aromatic heterocycles. The van der Waals surface area contributed by atoms with E-state index < -0.39 is 5.60 Å². The van der Waals surface area contributed by atoms with Crippen molar-refractivity contribution in [2.75, 3.05) is 19.6 Å². The van der Waals surface area contributed by atoms with Gasteiger partial charge < -0.3 is 15.0 Å². The lowest BCUT2D eigenvalue weighted by Gasteiger charge is -2.33. The molecule has 0 aromatic rings. The van der Waals surface area contributed by atoms with Gasteiger partial charge in [-0.3, -0.25) is 0 Å². The van der Waals surface area contributed by atoms with Crippen LogP contribution in [0.4, 0.5) is 4.79 Å². The Morgan fingerprint density at radius 3 is 2.65 bits per heavy atom. The summed E-state index contributed by atoms with van der Waals surface area (Å²) in [5, 5.41) is 3.62. The van der Waals surface area contributed by atoms with Gasteiger partial charge in [0.05, 0.1) is 0 Å². The van der Waals surface area contributed by atoms with Crippen molar-refractivity contribution in [2.24, 2.45) is 11.8 Å². The van der Waals surface area contributed by atoms with Crippen molar-refractivity contribution in [1.29, 1.82) is 0 Å². The van der Waals surface area contributed by atoms with Crippen molar-refractivity contribution in [1.82, 2.24) is 10.2 Å². The van der Waals surface area contributed by atoms with Crippen molar-refractivity contribution in [2.45, 2.75) is 65.0 Å². The first-order valence-electron chi connectivity index (χ1n) is 8.05. The second kappa shape index (κ2) is 6.33. The SMILES string of the molecule is CC1CC(NCCC2CCN(C(=O)OC(C)(C)C)C2)C1. The largest absolute Gasteiger partial charge is 0.444 e. The van der Waals surface area contributed by atoms with E-state index in [1.54, 1.807) is 0 Å². The van der Waals surface area contributed by atoms with Crippen LogP contribution in [0.2, 0.25) is 0 Å². The molecule has 1 aliphatic carbocycles. The van der Waals surface area contributed by atoms with E-state index in [2.05, 4.69) is 12.2 Å². The monoisotopic (exact) mass is 282 g/mol. The van der Waals surface area contributed by atoms with Crippen molar-refractivity contribution >= 4 is 6.09 Å². The normalized spacial score (nSPS) is 30.2. The molecule has 116 valence electrons. The zero-order valence-electron chi connectivity index (χ0n) is 13.4. The summed E-state index contributed by atoms with van der Waals surface area (Å²) in [5.74, 6) is 1.54. The zero-order valence-corrected chi connectivity index (χ0v) is 13.4. The minimum absolute atomic E-state index is 0.152. The molecule has 2 aliphatic rings. The van der Waals surface area contributed by atoms with Gasteiger partial charge in [-0.25, -0.2) is 4.79 Å². The van der Waals surface area contributed by atoms with Crippen LogP contribution in [0.1, 0.15) is 53.4 Å². The third-order valence-corrected chi connectivity index (χ3v) is 4.30. The second-order valence-electron chi connectivity index (χ2n) is 7.60. The van der Waals surface area contributed by atoms with Crippen LogP contribution in [-0.2, 0) is 4.74 Å². The highest BCUT2D eigenvalue weighted by Crippen LogP contribution is 2.27. The lowest BCUT2D eigenvalue weighted by atomic mass is 9.82. The molecule has 1 saturated carbocycles. The highest BCUT2D eigenvalue weighted by molar-refractivity contribution is 5.68. The van der Waals surface area contributed by atoms with Gasteiger partial charge >= 0.3 is 6.09 Å². The molecule has 0 spiro atoms. The maximum Gasteiger partial charge on any atom is 0.410 e. The van der Waals surface area contributed by atoms with Crippen LogP contribution >= 0.6 is 0 Å². The smallest absolute Gasteiger partial charge is 0.410 e. The molecule has 1 heterocycles.